The number of halogens is 1. The van der Waals surface area contributed by atoms with Crippen LogP contribution in [0.5, 0.6) is 0 Å². The highest BCUT2D eigenvalue weighted by atomic mass is 32.1. The van der Waals surface area contributed by atoms with Crippen LogP contribution in [0.2, 0.25) is 0 Å². The Hall–Kier alpha value is -2.58. The lowest BCUT2D eigenvalue weighted by Crippen LogP contribution is -2.43. The highest BCUT2D eigenvalue weighted by Gasteiger charge is 2.26. The molecule has 0 atom stereocenters. The molecule has 0 saturated carbocycles. The van der Waals surface area contributed by atoms with E-state index in [1.165, 1.54) is 44.7 Å². The van der Waals surface area contributed by atoms with Gasteiger partial charge in [-0.05, 0) is 61.6 Å². The van der Waals surface area contributed by atoms with Crippen molar-refractivity contribution < 1.29 is 9.18 Å². The van der Waals surface area contributed by atoms with Crippen molar-refractivity contribution in [1.82, 2.24) is 14.0 Å². The van der Waals surface area contributed by atoms with Crippen molar-refractivity contribution >= 4 is 27.3 Å². The smallest absolute Gasteiger partial charge is 0.302 e. The van der Waals surface area contributed by atoms with Crippen LogP contribution in [0, 0.1) is 11.7 Å². The summed E-state index contributed by atoms with van der Waals surface area (Å²) >= 11 is 1.39. The van der Waals surface area contributed by atoms with Gasteiger partial charge in [0.15, 0.2) is 5.78 Å². The molecule has 8 heteroatoms. The summed E-state index contributed by atoms with van der Waals surface area (Å²) in [6, 6.07) is 7.44. The first-order valence-corrected chi connectivity index (χ1v) is 10.5. The van der Waals surface area contributed by atoms with E-state index in [2.05, 4.69) is 4.90 Å². The van der Waals surface area contributed by atoms with Gasteiger partial charge in [-0.25, -0.2) is 9.18 Å². The molecule has 29 heavy (non-hydrogen) atoms. The van der Waals surface area contributed by atoms with Crippen LogP contribution in [0.3, 0.4) is 0 Å². The summed E-state index contributed by atoms with van der Waals surface area (Å²) in [6.45, 7) is 2.37. The van der Waals surface area contributed by atoms with Gasteiger partial charge in [0.05, 0.1) is 5.39 Å². The van der Waals surface area contributed by atoms with Crippen LogP contribution in [0.4, 0.5) is 4.39 Å². The summed E-state index contributed by atoms with van der Waals surface area (Å²) in [5.74, 6) is -0.370. The number of benzene rings is 1. The number of likely N-dealkylation sites (tertiary alicyclic amines) is 1. The van der Waals surface area contributed by atoms with Gasteiger partial charge in [-0.15, -0.1) is 11.3 Å². The molecule has 3 heterocycles. The normalized spacial score (nSPS) is 15.8. The average molecular weight is 415 g/mol. The van der Waals surface area contributed by atoms with E-state index >= 15 is 0 Å². The Bertz CT molecular complexity index is 1150. The molecular weight excluding hydrogens is 393 g/mol. The third kappa shape index (κ3) is 3.82. The van der Waals surface area contributed by atoms with Crippen molar-refractivity contribution in [2.75, 3.05) is 19.6 Å². The summed E-state index contributed by atoms with van der Waals surface area (Å²) in [7, 11) is 1.68. The van der Waals surface area contributed by atoms with Crippen LogP contribution in [0.25, 0.3) is 10.2 Å². The van der Waals surface area contributed by atoms with Crippen molar-refractivity contribution in [1.29, 1.82) is 0 Å². The molecule has 1 aliphatic rings. The molecule has 1 fully saturated rings. The number of fused-ring (bicyclic) bond motifs is 1. The van der Waals surface area contributed by atoms with Gasteiger partial charge in [-0.1, -0.05) is 0 Å². The Balaban J connectivity index is 1.39. The maximum atomic E-state index is 13.1. The van der Waals surface area contributed by atoms with Crippen LogP contribution in [-0.4, -0.2) is 39.5 Å². The van der Waals surface area contributed by atoms with Crippen LogP contribution >= 0.6 is 11.3 Å². The summed E-state index contributed by atoms with van der Waals surface area (Å²) in [6.07, 6.45) is 1.43. The van der Waals surface area contributed by atoms with E-state index in [1.54, 1.807) is 13.1 Å². The maximum Gasteiger partial charge on any atom is 0.331 e. The number of thiophene rings is 1. The molecule has 0 amide bonds. The third-order valence-electron chi connectivity index (χ3n) is 5.67. The molecule has 0 spiro atoms. The van der Waals surface area contributed by atoms with Gasteiger partial charge in [-0.3, -0.25) is 18.7 Å². The van der Waals surface area contributed by atoms with Gasteiger partial charge in [0.2, 0.25) is 0 Å². The first-order valence-electron chi connectivity index (χ1n) is 9.65. The predicted octanol–water partition coefficient (Wildman–Crippen LogP) is 2.50. The van der Waals surface area contributed by atoms with E-state index in [9.17, 15) is 18.8 Å². The quantitative estimate of drug-likeness (QED) is 0.601. The number of rotatable bonds is 5. The van der Waals surface area contributed by atoms with Crippen LogP contribution in [0.1, 0.15) is 23.2 Å². The van der Waals surface area contributed by atoms with Crippen molar-refractivity contribution in [3.8, 4) is 0 Å². The molecule has 6 nitrogen and oxygen atoms in total. The maximum absolute atomic E-state index is 13.1. The molecule has 2 aromatic heterocycles. The number of hydrogen-bond donors (Lipinski definition) is 0. The van der Waals surface area contributed by atoms with Crippen LogP contribution in [-0.2, 0) is 13.6 Å². The van der Waals surface area contributed by atoms with Crippen molar-refractivity contribution in [2.24, 2.45) is 13.0 Å². The van der Waals surface area contributed by atoms with E-state index in [-0.39, 0.29) is 28.8 Å². The molecular formula is C21H22FN3O3S. The zero-order chi connectivity index (χ0) is 20.5. The van der Waals surface area contributed by atoms with Crippen molar-refractivity contribution in [3.63, 3.8) is 0 Å². The molecule has 4 rings (SSSR count). The van der Waals surface area contributed by atoms with Gasteiger partial charge in [0.1, 0.15) is 10.6 Å². The lowest BCUT2D eigenvalue weighted by Gasteiger charge is -2.31. The Morgan fingerprint density at radius 2 is 1.79 bits per heavy atom. The number of nitrogens with zero attached hydrogens (tertiary/aromatic N) is 3. The fourth-order valence-electron chi connectivity index (χ4n) is 3.93. The molecule has 1 aliphatic heterocycles. The summed E-state index contributed by atoms with van der Waals surface area (Å²) in [4.78, 5) is 40.6. The number of ketones is 1. The monoisotopic (exact) mass is 415 g/mol. The third-order valence-corrected chi connectivity index (χ3v) is 6.66. The van der Waals surface area contributed by atoms with Gasteiger partial charge < -0.3 is 4.90 Å². The summed E-state index contributed by atoms with van der Waals surface area (Å²) in [5.41, 5.74) is 0.000937. The zero-order valence-electron chi connectivity index (χ0n) is 16.1. The minimum absolute atomic E-state index is 0.0534. The Morgan fingerprint density at radius 1 is 1.10 bits per heavy atom. The van der Waals surface area contributed by atoms with Crippen LogP contribution in [0.15, 0.2) is 45.3 Å². The number of piperidine rings is 1. The van der Waals surface area contributed by atoms with Gasteiger partial charge in [0.25, 0.3) is 5.56 Å². The number of carbonyl (C=O) groups is 1. The largest absolute Gasteiger partial charge is 0.331 e. The number of aromatic nitrogens is 2. The molecule has 0 unspecified atom stereocenters. The van der Waals surface area contributed by atoms with E-state index in [0.717, 1.165) is 13.1 Å². The zero-order valence-corrected chi connectivity index (χ0v) is 17.0. The number of aryl methyl sites for hydroxylation is 1. The number of Topliss-reactive ketones (excluding diaryl/α,β-unsaturated/α-hetero) is 1. The number of carbonyl (C=O) groups excluding carboxylic acids is 1. The molecule has 1 saturated heterocycles. The van der Waals surface area contributed by atoms with Gasteiger partial charge >= 0.3 is 5.69 Å². The highest BCUT2D eigenvalue weighted by molar-refractivity contribution is 7.16. The molecule has 0 aliphatic carbocycles. The summed E-state index contributed by atoms with van der Waals surface area (Å²) in [5, 5.41) is 2.39. The molecule has 152 valence electrons. The van der Waals surface area contributed by atoms with Crippen molar-refractivity contribution in [3.05, 3.63) is 67.9 Å². The van der Waals surface area contributed by atoms with E-state index in [0.29, 0.717) is 41.7 Å². The lowest BCUT2D eigenvalue weighted by molar-refractivity contribution is 0.0837. The number of hydrogen-bond acceptors (Lipinski definition) is 5. The predicted molar refractivity (Wildman–Crippen MR) is 111 cm³/mol. The van der Waals surface area contributed by atoms with E-state index in [1.807, 2.05) is 5.38 Å². The molecule has 0 radical (unpaired) electrons. The molecule has 0 N–H and O–H groups in total. The minimum atomic E-state index is -0.349. The second-order valence-electron chi connectivity index (χ2n) is 7.42. The van der Waals surface area contributed by atoms with Crippen LogP contribution < -0.4 is 11.2 Å². The Morgan fingerprint density at radius 3 is 2.48 bits per heavy atom. The Labute approximate surface area is 170 Å². The first kappa shape index (κ1) is 19.7. The molecule has 1 aromatic carbocycles. The topological polar surface area (TPSA) is 64.3 Å². The Kier molecular flexibility index (Phi) is 5.47. The molecule has 0 bridgehead atoms. The fraction of sp³-hybridized carbons (Fsp3) is 0.381. The lowest BCUT2D eigenvalue weighted by atomic mass is 9.89. The average Bonchev–Trinajstić information content (AvgIpc) is 3.23. The minimum Gasteiger partial charge on any atom is -0.302 e. The second-order valence-corrected chi connectivity index (χ2v) is 8.32. The van der Waals surface area contributed by atoms with Gasteiger partial charge in [0, 0.05) is 31.6 Å². The SMILES string of the molecule is Cn1c(=O)n(CCN2CCC(C(=O)c3ccc(F)cc3)CC2)c(=O)c2ccsc21. The summed E-state index contributed by atoms with van der Waals surface area (Å²) < 4.78 is 15.9. The highest BCUT2D eigenvalue weighted by Crippen LogP contribution is 2.22. The van der Waals surface area contributed by atoms with E-state index < -0.39 is 0 Å². The first-order chi connectivity index (χ1) is 14.0. The van der Waals surface area contributed by atoms with Crippen molar-refractivity contribution in [2.45, 2.75) is 19.4 Å². The fourth-order valence-corrected chi connectivity index (χ4v) is 4.78. The van der Waals surface area contributed by atoms with E-state index in [4.69, 9.17) is 0 Å². The second kappa shape index (κ2) is 8.04. The standard InChI is InChI=1S/C21H22FN3O3S/c1-23-20-17(8-13-29-20)19(27)25(21(23)28)12-11-24-9-6-15(7-10-24)18(26)14-2-4-16(22)5-3-14/h2-5,8,13,15H,6-7,9-12H2,1H3. The molecule has 3 aromatic rings. The van der Waals surface area contributed by atoms with Gasteiger partial charge in [-0.2, -0.15) is 0 Å².